The summed E-state index contributed by atoms with van der Waals surface area (Å²) in [7, 11) is 3.86. The molecule has 22 heavy (non-hydrogen) atoms. The number of hydrogen-bond acceptors (Lipinski definition) is 6. The first-order valence-corrected chi connectivity index (χ1v) is 8.40. The Morgan fingerprint density at radius 1 is 1.36 bits per heavy atom. The first kappa shape index (κ1) is 15.8. The van der Waals surface area contributed by atoms with Gasteiger partial charge in [-0.2, -0.15) is 0 Å². The third-order valence-corrected chi connectivity index (χ3v) is 5.34. The van der Waals surface area contributed by atoms with Crippen LogP contribution < -0.4 is 0 Å². The van der Waals surface area contributed by atoms with Crippen molar-refractivity contribution in [2.75, 3.05) is 14.1 Å². The average Bonchev–Trinajstić information content (AvgIpc) is 2.93. The molecule has 5 nitrogen and oxygen atoms in total. The molecule has 0 aromatic heterocycles. The second-order valence-electron chi connectivity index (χ2n) is 6.02. The van der Waals surface area contributed by atoms with Gasteiger partial charge in [0, 0.05) is 26.9 Å². The van der Waals surface area contributed by atoms with Gasteiger partial charge in [-0.05, 0) is 5.56 Å². The van der Waals surface area contributed by atoms with E-state index in [-0.39, 0.29) is 17.6 Å². The van der Waals surface area contributed by atoms with E-state index in [0.29, 0.717) is 12.8 Å². The average molecular weight is 322 g/mol. The number of rotatable bonds is 3. The Labute approximate surface area is 135 Å². The largest absolute Gasteiger partial charge is 0.391 e. The summed E-state index contributed by atoms with van der Waals surface area (Å²) in [6.07, 6.45) is -0.608. The van der Waals surface area contributed by atoms with Crippen LogP contribution in [0.25, 0.3) is 0 Å². The van der Waals surface area contributed by atoms with Crippen LogP contribution in [0, 0.1) is 0 Å². The van der Waals surface area contributed by atoms with Gasteiger partial charge in [-0.15, -0.1) is 0 Å². The van der Waals surface area contributed by atoms with Crippen molar-refractivity contribution >= 4 is 16.9 Å². The number of nitrogens with zero attached hydrogens (tertiary/aromatic N) is 2. The standard InChI is InChI=1S/C16H22N2O3S/c1-18(2)16-17-14-12(20)9-13(21-15(14)22-16)11(19)8-10-6-4-3-5-7-10/h3-7,11-15,19-20H,8-9H2,1-2H3. The topological polar surface area (TPSA) is 65.3 Å². The second kappa shape index (κ2) is 6.58. The molecule has 0 bridgehead atoms. The molecule has 5 atom stereocenters. The van der Waals surface area contributed by atoms with E-state index in [9.17, 15) is 10.2 Å². The summed E-state index contributed by atoms with van der Waals surface area (Å²) >= 11 is 1.52. The van der Waals surface area contributed by atoms with E-state index in [1.165, 1.54) is 11.8 Å². The van der Waals surface area contributed by atoms with Crippen LogP contribution >= 0.6 is 11.8 Å². The third kappa shape index (κ3) is 3.30. The number of amidine groups is 1. The van der Waals surface area contributed by atoms with Crippen LogP contribution in [0.2, 0.25) is 0 Å². The number of ether oxygens (including phenoxy) is 1. The molecule has 2 aliphatic heterocycles. The van der Waals surface area contributed by atoms with Gasteiger partial charge in [-0.25, -0.2) is 0 Å². The van der Waals surface area contributed by atoms with Crippen LogP contribution in [0.5, 0.6) is 0 Å². The minimum Gasteiger partial charge on any atom is -0.391 e. The molecule has 0 spiro atoms. The molecule has 120 valence electrons. The van der Waals surface area contributed by atoms with Crippen molar-refractivity contribution in [2.24, 2.45) is 4.99 Å². The molecule has 1 fully saturated rings. The highest BCUT2D eigenvalue weighted by atomic mass is 32.2. The van der Waals surface area contributed by atoms with Crippen molar-refractivity contribution < 1.29 is 14.9 Å². The summed E-state index contributed by atoms with van der Waals surface area (Å²) in [6, 6.07) is 9.61. The zero-order valence-corrected chi connectivity index (χ0v) is 13.6. The molecular formula is C16H22N2O3S. The quantitative estimate of drug-likeness (QED) is 0.872. The lowest BCUT2D eigenvalue weighted by Crippen LogP contribution is -2.48. The van der Waals surface area contributed by atoms with E-state index in [2.05, 4.69) is 4.99 Å². The summed E-state index contributed by atoms with van der Waals surface area (Å²) in [5.41, 5.74) is 0.857. The monoisotopic (exact) mass is 322 g/mol. The van der Waals surface area contributed by atoms with Gasteiger partial charge in [0.1, 0.15) is 11.5 Å². The Morgan fingerprint density at radius 3 is 2.77 bits per heavy atom. The van der Waals surface area contributed by atoms with Gasteiger partial charge in [0.15, 0.2) is 5.17 Å². The second-order valence-corrected chi connectivity index (χ2v) is 7.08. The fraction of sp³-hybridized carbons (Fsp3) is 0.562. The summed E-state index contributed by atoms with van der Waals surface area (Å²) in [4.78, 5) is 6.44. The first-order valence-electron chi connectivity index (χ1n) is 7.52. The molecule has 2 N–H and O–H groups in total. The fourth-order valence-electron chi connectivity index (χ4n) is 2.83. The van der Waals surface area contributed by atoms with Crippen LogP contribution in [0.1, 0.15) is 12.0 Å². The number of benzene rings is 1. The lowest BCUT2D eigenvalue weighted by Gasteiger charge is -2.36. The number of aliphatic hydroxyl groups excluding tert-OH is 2. The number of aliphatic imine (C=N–C) groups is 1. The number of thioether (sulfide) groups is 1. The van der Waals surface area contributed by atoms with E-state index in [1.54, 1.807) is 0 Å². The van der Waals surface area contributed by atoms with Gasteiger partial charge in [-0.1, -0.05) is 42.1 Å². The van der Waals surface area contributed by atoms with Gasteiger partial charge in [0.2, 0.25) is 0 Å². The molecule has 1 aromatic carbocycles. The highest BCUT2D eigenvalue weighted by molar-refractivity contribution is 8.14. The minimum atomic E-state index is -0.623. The Balaban J connectivity index is 1.64. The zero-order valence-electron chi connectivity index (χ0n) is 12.8. The minimum absolute atomic E-state index is 0.212. The Bertz CT molecular complexity index is 537. The fourth-order valence-corrected chi connectivity index (χ4v) is 4.01. The normalized spacial score (nSPS) is 32.3. The van der Waals surface area contributed by atoms with Gasteiger partial charge < -0.3 is 19.8 Å². The summed E-state index contributed by atoms with van der Waals surface area (Å²) in [5, 5.41) is 21.6. The molecular weight excluding hydrogens is 300 g/mol. The van der Waals surface area contributed by atoms with Crippen LogP contribution in [0.3, 0.4) is 0 Å². The lowest BCUT2D eigenvalue weighted by atomic mass is 9.95. The van der Waals surface area contributed by atoms with E-state index in [0.717, 1.165) is 10.7 Å². The van der Waals surface area contributed by atoms with E-state index < -0.39 is 12.2 Å². The highest BCUT2D eigenvalue weighted by Crippen LogP contribution is 2.37. The van der Waals surface area contributed by atoms with E-state index in [1.807, 2.05) is 49.3 Å². The maximum absolute atomic E-state index is 10.4. The van der Waals surface area contributed by atoms with E-state index in [4.69, 9.17) is 4.74 Å². The molecule has 3 rings (SSSR count). The molecule has 2 heterocycles. The van der Waals surface area contributed by atoms with Crippen molar-refractivity contribution in [3.63, 3.8) is 0 Å². The molecule has 1 aromatic rings. The Kier molecular flexibility index (Phi) is 4.73. The zero-order chi connectivity index (χ0) is 15.7. The Morgan fingerprint density at radius 2 is 2.09 bits per heavy atom. The molecule has 0 aliphatic carbocycles. The van der Waals surface area contributed by atoms with Crippen molar-refractivity contribution in [3.05, 3.63) is 35.9 Å². The van der Waals surface area contributed by atoms with Crippen molar-refractivity contribution in [1.82, 2.24) is 4.90 Å². The molecule has 0 saturated carbocycles. The number of fused-ring (bicyclic) bond motifs is 1. The molecule has 2 aliphatic rings. The Hall–Kier alpha value is -1.08. The van der Waals surface area contributed by atoms with Crippen LogP contribution in [-0.4, -0.2) is 64.2 Å². The van der Waals surface area contributed by atoms with Crippen LogP contribution in [0.4, 0.5) is 0 Å². The predicted molar refractivity (Wildman–Crippen MR) is 87.9 cm³/mol. The van der Waals surface area contributed by atoms with Gasteiger partial charge in [-0.3, -0.25) is 4.99 Å². The highest BCUT2D eigenvalue weighted by Gasteiger charge is 2.45. The summed E-state index contributed by atoms with van der Waals surface area (Å²) in [6.45, 7) is 0. The van der Waals surface area contributed by atoms with Crippen LogP contribution in [0.15, 0.2) is 35.3 Å². The summed E-state index contributed by atoms with van der Waals surface area (Å²) < 4.78 is 6.01. The van der Waals surface area contributed by atoms with Crippen molar-refractivity contribution in [3.8, 4) is 0 Å². The van der Waals surface area contributed by atoms with Gasteiger partial charge >= 0.3 is 0 Å². The number of aliphatic hydroxyl groups is 2. The van der Waals surface area contributed by atoms with Crippen molar-refractivity contribution in [1.29, 1.82) is 0 Å². The smallest absolute Gasteiger partial charge is 0.161 e. The first-order chi connectivity index (χ1) is 10.5. The number of hydrogen-bond donors (Lipinski definition) is 2. The predicted octanol–water partition coefficient (Wildman–Crippen LogP) is 1.10. The van der Waals surface area contributed by atoms with Crippen molar-refractivity contribution in [2.45, 2.75) is 42.6 Å². The maximum atomic E-state index is 10.4. The third-order valence-electron chi connectivity index (χ3n) is 4.04. The maximum Gasteiger partial charge on any atom is 0.161 e. The molecule has 0 amide bonds. The molecule has 6 heteroatoms. The lowest BCUT2D eigenvalue weighted by molar-refractivity contribution is -0.116. The van der Waals surface area contributed by atoms with E-state index >= 15 is 0 Å². The molecule has 1 saturated heterocycles. The molecule has 5 unspecified atom stereocenters. The van der Waals surface area contributed by atoms with Gasteiger partial charge in [0.25, 0.3) is 0 Å². The van der Waals surface area contributed by atoms with Crippen LogP contribution in [-0.2, 0) is 11.2 Å². The van der Waals surface area contributed by atoms with Gasteiger partial charge in [0.05, 0.1) is 18.3 Å². The molecule has 0 radical (unpaired) electrons. The SMILES string of the molecule is CN(C)C1=NC2C(O)CC(C(O)Cc3ccccc3)OC2S1. The summed E-state index contributed by atoms with van der Waals surface area (Å²) in [5.74, 6) is 0.